The number of hydrogen-bond acceptors (Lipinski definition) is 4. The molecule has 4 nitrogen and oxygen atoms in total. The monoisotopic (exact) mass is 229 g/mol. The maximum Gasteiger partial charge on any atom is 0.285 e. The van der Waals surface area contributed by atoms with Crippen LogP contribution < -0.4 is 5.48 Å². The molecule has 0 spiro atoms. The van der Waals surface area contributed by atoms with Gasteiger partial charge in [-0.05, 0) is 37.8 Å². The number of thiophene rings is 1. The topological polar surface area (TPSA) is 58.6 Å². The van der Waals surface area contributed by atoms with Crippen molar-refractivity contribution in [2.24, 2.45) is 0 Å². The molecular weight excluding hydrogens is 214 g/mol. The molecule has 1 heterocycles. The van der Waals surface area contributed by atoms with E-state index < -0.39 is 5.60 Å². The van der Waals surface area contributed by atoms with E-state index in [1.54, 1.807) is 13.8 Å². The first-order valence-corrected chi connectivity index (χ1v) is 5.47. The molecule has 0 saturated heterocycles. The molecule has 1 amide bonds. The standard InChI is InChI=1S/C10H15NO3S/c1-7-4-5-15-8(7)9(12)11-14-6-10(2,3)13/h4-5,13H,6H2,1-3H3,(H,11,12). The van der Waals surface area contributed by atoms with Crippen LogP contribution in [0.1, 0.15) is 29.1 Å². The Hall–Kier alpha value is -0.910. The molecule has 84 valence electrons. The summed E-state index contributed by atoms with van der Waals surface area (Å²) in [5.74, 6) is -0.272. The maximum absolute atomic E-state index is 11.5. The lowest BCUT2D eigenvalue weighted by Crippen LogP contribution is -2.33. The van der Waals surface area contributed by atoms with Crippen molar-refractivity contribution in [2.75, 3.05) is 6.61 Å². The number of rotatable bonds is 4. The van der Waals surface area contributed by atoms with Crippen LogP contribution in [0, 0.1) is 6.92 Å². The van der Waals surface area contributed by atoms with E-state index in [0.717, 1.165) is 5.56 Å². The number of carbonyl (C=O) groups excluding carboxylic acids is 1. The molecule has 2 N–H and O–H groups in total. The minimum atomic E-state index is -0.947. The smallest absolute Gasteiger partial charge is 0.285 e. The SMILES string of the molecule is Cc1ccsc1C(=O)NOCC(C)(C)O. The number of aryl methyl sites for hydroxylation is 1. The van der Waals surface area contributed by atoms with Gasteiger partial charge in [-0.1, -0.05) is 0 Å². The third-order valence-electron chi connectivity index (χ3n) is 1.66. The van der Waals surface area contributed by atoms with Crippen LogP contribution in [-0.2, 0) is 4.84 Å². The molecule has 0 aliphatic rings. The Morgan fingerprint density at radius 3 is 2.80 bits per heavy atom. The Morgan fingerprint density at radius 2 is 2.33 bits per heavy atom. The van der Waals surface area contributed by atoms with Gasteiger partial charge in [-0.2, -0.15) is 0 Å². The van der Waals surface area contributed by atoms with Gasteiger partial charge in [0.2, 0.25) is 0 Å². The molecule has 1 aromatic heterocycles. The predicted octanol–water partition coefficient (Wildman–Crippen LogP) is 1.49. The van der Waals surface area contributed by atoms with Crippen molar-refractivity contribution in [3.05, 3.63) is 21.9 Å². The second kappa shape index (κ2) is 4.74. The Balaban J connectivity index is 2.41. The molecule has 0 saturated carbocycles. The number of hydrogen-bond donors (Lipinski definition) is 2. The Labute approximate surface area is 92.8 Å². The van der Waals surface area contributed by atoms with Gasteiger partial charge in [-0.15, -0.1) is 11.3 Å². The molecule has 1 rings (SSSR count). The summed E-state index contributed by atoms with van der Waals surface area (Å²) < 4.78 is 0. The highest BCUT2D eigenvalue weighted by atomic mass is 32.1. The highest BCUT2D eigenvalue weighted by Crippen LogP contribution is 2.14. The fourth-order valence-corrected chi connectivity index (χ4v) is 1.74. The minimum Gasteiger partial charge on any atom is -0.388 e. The van der Waals surface area contributed by atoms with Gasteiger partial charge in [0.05, 0.1) is 10.5 Å². The molecule has 0 aliphatic heterocycles. The van der Waals surface area contributed by atoms with Crippen molar-refractivity contribution in [3.8, 4) is 0 Å². The van der Waals surface area contributed by atoms with E-state index in [9.17, 15) is 9.90 Å². The molecule has 0 bridgehead atoms. The van der Waals surface area contributed by atoms with Gasteiger partial charge in [0.15, 0.2) is 0 Å². The van der Waals surface area contributed by atoms with Crippen molar-refractivity contribution in [1.82, 2.24) is 5.48 Å². The quantitative estimate of drug-likeness (QED) is 0.769. The molecule has 15 heavy (non-hydrogen) atoms. The van der Waals surface area contributed by atoms with Crippen LogP contribution in [0.4, 0.5) is 0 Å². The molecule has 0 aromatic carbocycles. The first kappa shape index (κ1) is 12.2. The Bertz CT molecular complexity index is 341. The molecule has 1 aromatic rings. The fourth-order valence-electron chi connectivity index (χ4n) is 0.930. The van der Waals surface area contributed by atoms with Crippen molar-refractivity contribution in [1.29, 1.82) is 0 Å². The van der Waals surface area contributed by atoms with E-state index in [-0.39, 0.29) is 12.5 Å². The van der Waals surface area contributed by atoms with Gasteiger partial charge in [-0.3, -0.25) is 9.63 Å². The largest absolute Gasteiger partial charge is 0.388 e. The normalized spacial score (nSPS) is 11.5. The minimum absolute atomic E-state index is 0.0587. The molecule has 0 unspecified atom stereocenters. The zero-order valence-corrected chi connectivity index (χ0v) is 9.85. The van der Waals surface area contributed by atoms with E-state index in [4.69, 9.17) is 4.84 Å². The van der Waals surface area contributed by atoms with Crippen LogP contribution in [-0.4, -0.2) is 23.2 Å². The molecular formula is C10H15NO3S. The second-order valence-electron chi connectivity index (χ2n) is 3.97. The van der Waals surface area contributed by atoms with Crippen LogP contribution in [0.3, 0.4) is 0 Å². The molecule has 5 heteroatoms. The lowest BCUT2D eigenvalue weighted by atomic mass is 10.2. The van der Waals surface area contributed by atoms with E-state index in [2.05, 4.69) is 5.48 Å². The van der Waals surface area contributed by atoms with Crippen molar-refractivity contribution in [2.45, 2.75) is 26.4 Å². The Morgan fingerprint density at radius 1 is 1.67 bits per heavy atom. The van der Waals surface area contributed by atoms with Gasteiger partial charge in [-0.25, -0.2) is 5.48 Å². The second-order valence-corrected chi connectivity index (χ2v) is 4.88. The average molecular weight is 229 g/mol. The summed E-state index contributed by atoms with van der Waals surface area (Å²) in [5.41, 5.74) is 2.27. The first-order valence-electron chi connectivity index (χ1n) is 4.59. The summed E-state index contributed by atoms with van der Waals surface area (Å²) in [6.45, 7) is 5.13. The van der Waals surface area contributed by atoms with E-state index >= 15 is 0 Å². The number of carbonyl (C=O) groups is 1. The lowest BCUT2D eigenvalue weighted by Gasteiger charge is -2.16. The van der Waals surface area contributed by atoms with Crippen molar-refractivity contribution >= 4 is 17.2 Å². The summed E-state index contributed by atoms with van der Waals surface area (Å²) in [4.78, 5) is 17.0. The third-order valence-corrected chi connectivity index (χ3v) is 2.67. The van der Waals surface area contributed by atoms with Crippen LogP contribution in [0.5, 0.6) is 0 Å². The highest BCUT2D eigenvalue weighted by Gasteiger charge is 2.15. The van der Waals surface area contributed by atoms with E-state index in [0.29, 0.717) is 4.88 Å². The van der Waals surface area contributed by atoms with Crippen LogP contribution in [0.25, 0.3) is 0 Å². The van der Waals surface area contributed by atoms with Crippen LogP contribution >= 0.6 is 11.3 Å². The average Bonchev–Trinajstić information content (AvgIpc) is 2.48. The summed E-state index contributed by atoms with van der Waals surface area (Å²) >= 11 is 1.36. The highest BCUT2D eigenvalue weighted by molar-refractivity contribution is 7.12. The zero-order chi connectivity index (χ0) is 11.5. The van der Waals surface area contributed by atoms with Crippen LogP contribution in [0.2, 0.25) is 0 Å². The number of hydroxylamine groups is 1. The van der Waals surface area contributed by atoms with E-state index in [1.807, 2.05) is 18.4 Å². The third kappa shape index (κ3) is 3.99. The first-order chi connectivity index (χ1) is 6.90. The molecule has 0 aliphatic carbocycles. The fraction of sp³-hybridized carbons (Fsp3) is 0.500. The molecule has 0 atom stereocenters. The zero-order valence-electron chi connectivity index (χ0n) is 9.03. The van der Waals surface area contributed by atoms with Crippen molar-refractivity contribution < 1.29 is 14.7 Å². The van der Waals surface area contributed by atoms with Gasteiger partial charge >= 0.3 is 0 Å². The summed E-state index contributed by atoms with van der Waals surface area (Å²) in [7, 11) is 0. The van der Waals surface area contributed by atoms with Gasteiger partial charge < -0.3 is 5.11 Å². The lowest BCUT2D eigenvalue weighted by molar-refractivity contribution is -0.0521. The van der Waals surface area contributed by atoms with Crippen molar-refractivity contribution in [3.63, 3.8) is 0 Å². The summed E-state index contributed by atoms with van der Waals surface area (Å²) in [5, 5.41) is 11.2. The Kier molecular flexibility index (Phi) is 3.84. The predicted molar refractivity (Wildman–Crippen MR) is 58.8 cm³/mol. The van der Waals surface area contributed by atoms with Gasteiger partial charge in [0, 0.05) is 0 Å². The summed E-state index contributed by atoms with van der Waals surface area (Å²) in [6.07, 6.45) is 0. The summed E-state index contributed by atoms with van der Waals surface area (Å²) in [6, 6.07) is 1.87. The number of amides is 1. The van der Waals surface area contributed by atoms with Gasteiger partial charge in [0.1, 0.15) is 6.61 Å². The number of nitrogens with one attached hydrogen (secondary N) is 1. The number of aliphatic hydroxyl groups is 1. The van der Waals surface area contributed by atoms with E-state index in [1.165, 1.54) is 11.3 Å². The van der Waals surface area contributed by atoms with Gasteiger partial charge in [0.25, 0.3) is 5.91 Å². The molecule has 0 radical (unpaired) electrons. The van der Waals surface area contributed by atoms with Crippen LogP contribution in [0.15, 0.2) is 11.4 Å². The molecule has 0 fully saturated rings. The maximum atomic E-state index is 11.5.